The number of amides is 1. The van der Waals surface area contributed by atoms with Crippen molar-refractivity contribution in [1.82, 2.24) is 9.80 Å². The number of hydrogen-bond acceptors (Lipinski definition) is 5. The van der Waals surface area contributed by atoms with Gasteiger partial charge in [0.05, 0.1) is 11.7 Å². The minimum Gasteiger partial charge on any atom is -0.480 e. The highest BCUT2D eigenvalue weighted by atomic mass is 16.7. The van der Waals surface area contributed by atoms with Crippen molar-refractivity contribution in [2.24, 2.45) is 22.7 Å². The van der Waals surface area contributed by atoms with Gasteiger partial charge in [-0.15, -0.1) is 0 Å². The van der Waals surface area contributed by atoms with Crippen LogP contribution in [0.1, 0.15) is 59.8 Å². The van der Waals surface area contributed by atoms with Crippen LogP contribution in [0.4, 0.5) is 4.79 Å². The second-order valence-electron chi connectivity index (χ2n) is 11.6. The third kappa shape index (κ3) is 2.93. The molecule has 9 heteroatoms. The summed E-state index contributed by atoms with van der Waals surface area (Å²) in [6, 6.07) is -1.02. The molecule has 6 aliphatic rings. The topological polar surface area (TPSA) is 99.5 Å². The summed E-state index contributed by atoms with van der Waals surface area (Å²) >= 11 is 0. The molecule has 6 fully saturated rings. The number of rotatable bonds is 6. The molecular formula is C23H37BN2O6. The number of nitrogens with zero attached hydrogens (tertiary/aromatic N) is 2. The van der Waals surface area contributed by atoms with Crippen LogP contribution in [0.25, 0.3) is 0 Å². The van der Waals surface area contributed by atoms with E-state index in [9.17, 15) is 19.8 Å². The molecule has 0 aromatic rings. The molecule has 32 heavy (non-hydrogen) atoms. The fourth-order valence-electron chi connectivity index (χ4n) is 8.30. The molecule has 3 aliphatic heterocycles. The Morgan fingerprint density at radius 3 is 2.56 bits per heavy atom. The average Bonchev–Trinajstić information content (AvgIpc) is 3.34. The first-order chi connectivity index (χ1) is 15.0. The SMILES string of the molecule is CCN1CC[C@@]2(CCCB3O[C@@H]4C[C@@H]5C[C@@H](C5(C)C)[C@]4(C)O3)[C@@H]1CN(C(=O)O)[C@@H]2C(=O)O. The summed E-state index contributed by atoms with van der Waals surface area (Å²) in [5.41, 5.74) is -0.464. The van der Waals surface area contributed by atoms with Crippen LogP contribution in [0, 0.1) is 22.7 Å². The van der Waals surface area contributed by atoms with Gasteiger partial charge in [-0.3, -0.25) is 9.80 Å². The Kier molecular flexibility index (Phi) is 5.16. The molecule has 1 amide bonds. The molecule has 0 unspecified atom stereocenters. The number of carboxylic acid groups (broad SMARTS) is 2. The molecule has 7 atom stereocenters. The summed E-state index contributed by atoms with van der Waals surface area (Å²) in [5, 5.41) is 19.7. The molecule has 2 N–H and O–H groups in total. The van der Waals surface area contributed by atoms with E-state index in [0.29, 0.717) is 23.7 Å². The molecule has 3 heterocycles. The van der Waals surface area contributed by atoms with E-state index < -0.39 is 23.5 Å². The lowest BCUT2D eigenvalue weighted by atomic mass is 9.43. The summed E-state index contributed by atoms with van der Waals surface area (Å²) in [5.74, 6) is 0.208. The van der Waals surface area contributed by atoms with Crippen molar-refractivity contribution in [3.8, 4) is 0 Å². The maximum Gasteiger partial charge on any atom is 0.457 e. The zero-order chi connectivity index (χ0) is 23.1. The van der Waals surface area contributed by atoms with Gasteiger partial charge in [0.2, 0.25) is 0 Å². The average molecular weight is 448 g/mol. The lowest BCUT2D eigenvalue weighted by Gasteiger charge is -2.64. The van der Waals surface area contributed by atoms with Gasteiger partial charge >= 0.3 is 19.2 Å². The number of hydrogen-bond donors (Lipinski definition) is 2. The normalized spacial score (nSPS) is 44.3. The van der Waals surface area contributed by atoms with E-state index in [0.717, 1.165) is 43.6 Å². The molecule has 6 rings (SSSR count). The van der Waals surface area contributed by atoms with Gasteiger partial charge in [-0.2, -0.15) is 0 Å². The molecule has 3 aliphatic carbocycles. The molecule has 3 saturated carbocycles. The van der Waals surface area contributed by atoms with Crippen molar-refractivity contribution in [3.05, 3.63) is 0 Å². The minimum absolute atomic E-state index is 0.0387. The van der Waals surface area contributed by atoms with Gasteiger partial charge in [0.25, 0.3) is 0 Å². The molecule has 0 radical (unpaired) electrons. The van der Waals surface area contributed by atoms with Crippen LogP contribution in [-0.2, 0) is 14.1 Å². The first-order valence-corrected chi connectivity index (χ1v) is 12.3. The lowest BCUT2D eigenvalue weighted by molar-refractivity contribution is -0.199. The zero-order valence-corrected chi connectivity index (χ0v) is 19.7. The Bertz CT molecular complexity index is 809. The van der Waals surface area contributed by atoms with Crippen molar-refractivity contribution < 1.29 is 29.1 Å². The van der Waals surface area contributed by atoms with Gasteiger partial charge in [0, 0.05) is 18.0 Å². The Hall–Kier alpha value is -1.32. The number of likely N-dealkylation sites (N-methyl/N-ethyl adjacent to an activating group) is 1. The van der Waals surface area contributed by atoms with E-state index in [4.69, 9.17) is 9.31 Å². The quantitative estimate of drug-likeness (QED) is 0.603. The Labute approximate surface area is 190 Å². The summed E-state index contributed by atoms with van der Waals surface area (Å²) in [4.78, 5) is 27.5. The largest absolute Gasteiger partial charge is 0.480 e. The van der Waals surface area contributed by atoms with Crippen LogP contribution < -0.4 is 0 Å². The number of fused-ring (bicyclic) bond motifs is 1. The standard InChI is InChI=1S/C23H37BN2O6/c1-5-25-10-8-23(16(25)13-26(20(29)30)18(23)19(27)28)7-6-9-24-31-17-12-14-11-15(21(14,2)3)22(17,4)32-24/h14-18H,5-13H2,1-4H3,(H,27,28)(H,29,30)/t14-,15-,16-,17+,18+,22-,23-/m0/s1. The van der Waals surface area contributed by atoms with Crippen molar-refractivity contribution in [2.45, 2.75) is 89.9 Å². The van der Waals surface area contributed by atoms with Crippen LogP contribution in [0.15, 0.2) is 0 Å². The predicted octanol–water partition coefficient (Wildman–Crippen LogP) is 3.02. The van der Waals surface area contributed by atoms with E-state index in [1.54, 1.807) is 0 Å². The molecular weight excluding hydrogens is 411 g/mol. The third-order valence-electron chi connectivity index (χ3n) is 10.2. The van der Waals surface area contributed by atoms with Crippen LogP contribution in [0.2, 0.25) is 6.32 Å². The third-order valence-corrected chi connectivity index (χ3v) is 10.2. The van der Waals surface area contributed by atoms with Crippen LogP contribution in [0.5, 0.6) is 0 Å². The molecule has 178 valence electrons. The van der Waals surface area contributed by atoms with Gasteiger partial charge in [-0.05, 0) is 69.3 Å². The van der Waals surface area contributed by atoms with E-state index >= 15 is 0 Å². The van der Waals surface area contributed by atoms with E-state index in [1.807, 2.05) is 0 Å². The monoisotopic (exact) mass is 448 g/mol. The number of carboxylic acids is 1. The minimum atomic E-state index is -1.14. The molecule has 0 aromatic heterocycles. The number of likely N-dealkylation sites (tertiary alicyclic amines) is 2. The van der Waals surface area contributed by atoms with Crippen LogP contribution >= 0.6 is 0 Å². The zero-order valence-electron chi connectivity index (χ0n) is 19.7. The summed E-state index contributed by atoms with van der Waals surface area (Å²) in [6.45, 7) is 10.9. The molecule has 2 bridgehead atoms. The van der Waals surface area contributed by atoms with Crippen molar-refractivity contribution >= 4 is 19.2 Å². The maximum atomic E-state index is 12.2. The summed E-state index contributed by atoms with van der Waals surface area (Å²) in [6.07, 6.45) is 4.19. The van der Waals surface area contributed by atoms with Gasteiger partial charge < -0.3 is 19.5 Å². The number of carbonyl (C=O) groups is 2. The Morgan fingerprint density at radius 2 is 1.94 bits per heavy atom. The molecule has 0 spiro atoms. The highest BCUT2D eigenvalue weighted by Crippen LogP contribution is 2.66. The van der Waals surface area contributed by atoms with Crippen molar-refractivity contribution in [3.63, 3.8) is 0 Å². The molecule has 8 nitrogen and oxygen atoms in total. The lowest BCUT2D eigenvalue weighted by Crippen LogP contribution is -2.65. The second-order valence-corrected chi connectivity index (χ2v) is 11.6. The first kappa shape index (κ1) is 22.5. The van der Waals surface area contributed by atoms with E-state index in [-0.39, 0.29) is 31.4 Å². The van der Waals surface area contributed by atoms with Gasteiger partial charge in [-0.1, -0.05) is 27.2 Å². The Morgan fingerprint density at radius 1 is 1.19 bits per heavy atom. The maximum absolute atomic E-state index is 12.2. The van der Waals surface area contributed by atoms with Gasteiger partial charge in [0.1, 0.15) is 6.04 Å². The fraction of sp³-hybridized carbons (Fsp3) is 0.913. The van der Waals surface area contributed by atoms with Crippen molar-refractivity contribution in [1.29, 1.82) is 0 Å². The second kappa shape index (κ2) is 7.34. The summed E-state index contributed by atoms with van der Waals surface area (Å²) < 4.78 is 12.9. The van der Waals surface area contributed by atoms with Crippen molar-refractivity contribution in [2.75, 3.05) is 19.6 Å². The highest BCUT2D eigenvalue weighted by molar-refractivity contribution is 6.45. The van der Waals surface area contributed by atoms with Crippen LogP contribution in [0.3, 0.4) is 0 Å². The summed E-state index contributed by atoms with van der Waals surface area (Å²) in [7, 11) is -0.251. The number of aliphatic carboxylic acids is 1. The van der Waals surface area contributed by atoms with E-state index in [2.05, 4.69) is 32.6 Å². The highest BCUT2D eigenvalue weighted by Gasteiger charge is 2.68. The van der Waals surface area contributed by atoms with E-state index in [1.165, 1.54) is 6.42 Å². The van der Waals surface area contributed by atoms with Gasteiger partial charge in [-0.25, -0.2) is 9.59 Å². The Balaban J connectivity index is 1.28. The fourth-order valence-corrected chi connectivity index (χ4v) is 8.30. The first-order valence-electron chi connectivity index (χ1n) is 12.3. The smallest absolute Gasteiger partial charge is 0.457 e. The molecule has 0 aromatic carbocycles. The van der Waals surface area contributed by atoms with Crippen LogP contribution in [-0.4, -0.2) is 82.6 Å². The predicted molar refractivity (Wildman–Crippen MR) is 118 cm³/mol. The van der Waals surface area contributed by atoms with Gasteiger partial charge in [0.15, 0.2) is 0 Å². The molecule has 3 saturated heterocycles.